The molecular formula is C14H13N3O. The number of hydrogen-bond acceptors (Lipinski definition) is 3. The molecule has 1 aromatic carbocycles. The number of fused-ring (bicyclic) bond motifs is 1. The van der Waals surface area contributed by atoms with E-state index in [1.165, 1.54) is 0 Å². The summed E-state index contributed by atoms with van der Waals surface area (Å²) in [6, 6.07) is 11.2. The van der Waals surface area contributed by atoms with E-state index in [1.54, 1.807) is 12.3 Å². The van der Waals surface area contributed by atoms with Crippen LogP contribution < -0.4 is 5.73 Å². The van der Waals surface area contributed by atoms with Gasteiger partial charge in [-0.05, 0) is 29.8 Å². The SMILES string of the molecule is NCc1ccc(-c2cc3c(O)cccc3[nH]2)nc1. The van der Waals surface area contributed by atoms with Crippen LogP contribution in [0, 0.1) is 0 Å². The van der Waals surface area contributed by atoms with E-state index >= 15 is 0 Å². The van der Waals surface area contributed by atoms with E-state index in [0.29, 0.717) is 6.54 Å². The molecule has 0 atom stereocenters. The van der Waals surface area contributed by atoms with Crippen LogP contribution in [0.25, 0.3) is 22.3 Å². The van der Waals surface area contributed by atoms with Gasteiger partial charge in [0.2, 0.25) is 0 Å². The van der Waals surface area contributed by atoms with Gasteiger partial charge in [-0.2, -0.15) is 0 Å². The summed E-state index contributed by atoms with van der Waals surface area (Å²) in [5.74, 6) is 0.272. The summed E-state index contributed by atoms with van der Waals surface area (Å²) in [4.78, 5) is 7.59. The lowest BCUT2D eigenvalue weighted by Crippen LogP contribution is -1.96. The van der Waals surface area contributed by atoms with Crippen molar-refractivity contribution >= 4 is 10.9 Å². The van der Waals surface area contributed by atoms with Crippen LogP contribution >= 0.6 is 0 Å². The second-order valence-corrected chi connectivity index (χ2v) is 4.18. The summed E-state index contributed by atoms with van der Waals surface area (Å²) in [6.45, 7) is 0.487. The number of hydrogen-bond donors (Lipinski definition) is 3. The summed E-state index contributed by atoms with van der Waals surface area (Å²) in [5.41, 5.74) is 9.15. The maximum Gasteiger partial charge on any atom is 0.124 e. The minimum absolute atomic E-state index is 0.272. The molecular weight excluding hydrogens is 226 g/mol. The monoisotopic (exact) mass is 239 g/mol. The van der Waals surface area contributed by atoms with Gasteiger partial charge in [0.1, 0.15) is 5.75 Å². The summed E-state index contributed by atoms with van der Waals surface area (Å²) in [6.07, 6.45) is 1.76. The van der Waals surface area contributed by atoms with E-state index in [9.17, 15) is 5.11 Å². The molecule has 90 valence electrons. The van der Waals surface area contributed by atoms with E-state index in [-0.39, 0.29) is 5.75 Å². The summed E-state index contributed by atoms with van der Waals surface area (Å²) < 4.78 is 0. The van der Waals surface area contributed by atoms with Gasteiger partial charge in [0.25, 0.3) is 0 Å². The number of phenolic OH excluding ortho intramolecular Hbond substituents is 1. The molecule has 0 aliphatic heterocycles. The average molecular weight is 239 g/mol. The highest BCUT2D eigenvalue weighted by Crippen LogP contribution is 2.28. The van der Waals surface area contributed by atoms with Crippen molar-refractivity contribution in [3.8, 4) is 17.1 Å². The molecule has 0 fully saturated rings. The Morgan fingerprint density at radius 3 is 2.78 bits per heavy atom. The molecule has 0 unspecified atom stereocenters. The zero-order valence-corrected chi connectivity index (χ0v) is 9.72. The number of phenols is 1. The molecule has 0 spiro atoms. The second kappa shape index (κ2) is 4.16. The Morgan fingerprint density at radius 2 is 2.11 bits per heavy atom. The van der Waals surface area contributed by atoms with Crippen LogP contribution in [0.4, 0.5) is 0 Å². The first-order valence-electron chi connectivity index (χ1n) is 5.74. The molecule has 4 nitrogen and oxygen atoms in total. The maximum absolute atomic E-state index is 9.76. The van der Waals surface area contributed by atoms with Crippen LogP contribution in [-0.2, 0) is 6.54 Å². The van der Waals surface area contributed by atoms with Crippen LogP contribution in [0.1, 0.15) is 5.56 Å². The second-order valence-electron chi connectivity index (χ2n) is 4.18. The molecule has 2 heterocycles. The van der Waals surface area contributed by atoms with Gasteiger partial charge in [0, 0.05) is 23.6 Å². The molecule has 0 bridgehead atoms. The van der Waals surface area contributed by atoms with Crippen molar-refractivity contribution < 1.29 is 5.11 Å². The number of nitrogens with zero attached hydrogens (tertiary/aromatic N) is 1. The predicted octanol–water partition coefficient (Wildman–Crippen LogP) is 2.39. The number of aromatic hydroxyl groups is 1. The number of rotatable bonds is 2. The molecule has 0 aliphatic rings. The molecule has 3 aromatic rings. The largest absolute Gasteiger partial charge is 0.507 e. The van der Waals surface area contributed by atoms with Crippen molar-refractivity contribution in [1.29, 1.82) is 0 Å². The third-order valence-electron chi connectivity index (χ3n) is 2.98. The number of benzene rings is 1. The molecule has 0 radical (unpaired) electrons. The molecule has 2 aromatic heterocycles. The van der Waals surface area contributed by atoms with E-state index in [4.69, 9.17) is 5.73 Å². The van der Waals surface area contributed by atoms with Gasteiger partial charge in [-0.25, -0.2) is 0 Å². The van der Waals surface area contributed by atoms with Gasteiger partial charge >= 0.3 is 0 Å². The molecule has 0 amide bonds. The number of nitrogens with one attached hydrogen (secondary N) is 1. The van der Waals surface area contributed by atoms with Gasteiger partial charge in [-0.1, -0.05) is 12.1 Å². The van der Waals surface area contributed by atoms with Crippen LogP contribution in [-0.4, -0.2) is 15.1 Å². The summed E-state index contributed by atoms with van der Waals surface area (Å²) >= 11 is 0. The van der Waals surface area contributed by atoms with Crippen molar-refractivity contribution in [2.45, 2.75) is 6.54 Å². The average Bonchev–Trinajstić information content (AvgIpc) is 2.84. The Hall–Kier alpha value is -2.33. The number of aromatic amines is 1. The lowest BCUT2D eigenvalue weighted by atomic mass is 10.2. The van der Waals surface area contributed by atoms with Gasteiger partial charge in [0.05, 0.1) is 11.4 Å². The number of nitrogens with two attached hydrogens (primary N) is 1. The third kappa shape index (κ3) is 1.72. The van der Waals surface area contributed by atoms with Crippen molar-refractivity contribution in [3.63, 3.8) is 0 Å². The lowest BCUT2D eigenvalue weighted by Gasteiger charge is -1.98. The van der Waals surface area contributed by atoms with Gasteiger partial charge in [-0.15, -0.1) is 0 Å². The maximum atomic E-state index is 9.76. The van der Waals surface area contributed by atoms with E-state index in [1.807, 2.05) is 30.3 Å². The van der Waals surface area contributed by atoms with Crippen LogP contribution in [0.2, 0.25) is 0 Å². The molecule has 0 aliphatic carbocycles. The Bertz CT molecular complexity index is 686. The first-order chi connectivity index (χ1) is 8.78. The van der Waals surface area contributed by atoms with E-state index in [2.05, 4.69) is 9.97 Å². The Morgan fingerprint density at radius 1 is 1.22 bits per heavy atom. The van der Waals surface area contributed by atoms with Crippen molar-refractivity contribution in [2.24, 2.45) is 5.73 Å². The van der Waals surface area contributed by atoms with Crippen LogP contribution in [0.5, 0.6) is 5.75 Å². The van der Waals surface area contributed by atoms with Crippen LogP contribution in [0.3, 0.4) is 0 Å². The molecule has 4 heteroatoms. The molecule has 18 heavy (non-hydrogen) atoms. The van der Waals surface area contributed by atoms with E-state index in [0.717, 1.165) is 27.9 Å². The molecule has 0 saturated heterocycles. The number of H-pyrrole nitrogens is 1. The highest BCUT2D eigenvalue weighted by molar-refractivity contribution is 5.90. The molecule has 3 rings (SSSR count). The Kier molecular flexibility index (Phi) is 2.50. The normalized spacial score (nSPS) is 10.9. The zero-order valence-electron chi connectivity index (χ0n) is 9.72. The quantitative estimate of drug-likeness (QED) is 0.642. The van der Waals surface area contributed by atoms with Gasteiger partial charge in [-0.3, -0.25) is 4.98 Å². The molecule has 4 N–H and O–H groups in total. The lowest BCUT2D eigenvalue weighted by molar-refractivity contribution is 0.482. The Labute approximate surface area is 104 Å². The van der Waals surface area contributed by atoms with Crippen molar-refractivity contribution in [2.75, 3.05) is 0 Å². The standard InChI is InChI=1S/C14H13N3O/c15-7-9-4-5-12(16-8-9)13-6-10-11(17-13)2-1-3-14(10)18/h1-6,8,17-18H,7,15H2. The topological polar surface area (TPSA) is 74.9 Å². The smallest absolute Gasteiger partial charge is 0.124 e. The molecule has 0 saturated carbocycles. The summed E-state index contributed by atoms with van der Waals surface area (Å²) in [7, 11) is 0. The van der Waals surface area contributed by atoms with Crippen molar-refractivity contribution in [1.82, 2.24) is 9.97 Å². The third-order valence-corrected chi connectivity index (χ3v) is 2.98. The first kappa shape index (κ1) is 10.8. The minimum atomic E-state index is 0.272. The predicted molar refractivity (Wildman–Crippen MR) is 71.1 cm³/mol. The number of pyridine rings is 1. The van der Waals surface area contributed by atoms with E-state index < -0.39 is 0 Å². The fourth-order valence-electron chi connectivity index (χ4n) is 1.98. The van der Waals surface area contributed by atoms with Crippen LogP contribution in [0.15, 0.2) is 42.6 Å². The van der Waals surface area contributed by atoms with Gasteiger partial charge < -0.3 is 15.8 Å². The number of aromatic nitrogens is 2. The summed E-state index contributed by atoms with van der Waals surface area (Å²) in [5, 5.41) is 10.6. The zero-order chi connectivity index (χ0) is 12.5. The van der Waals surface area contributed by atoms with Crippen molar-refractivity contribution in [3.05, 3.63) is 48.2 Å². The first-order valence-corrected chi connectivity index (χ1v) is 5.74. The Balaban J connectivity index is 2.10. The fraction of sp³-hybridized carbons (Fsp3) is 0.0714. The van der Waals surface area contributed by atoms with Gasteiger partial charge in [0.15, 0.2) is 0 Å². The fourth-order valence-corrected chi connectivity index (χ4v) is 1.98. The highest BCUT2D eigenvalue weighted by Gasteiger charge is 2.07. The minimum Gasteiger partial charge on any atom is -0.507 e. The highest BCUT2D eigenvalue weighted by atomic mass is 16.3.